The van der Waals surface area contributed by atoms with Crippen LogP contribution < -0.4 is 0 Å². The first-order valence-corrected chi connectivity index (χ1v) is 6.89. The predicted molar refractivity (Wildman–Crippen MR) is 77.8 cm³/mol. The van der Waals surface area contributed by atoms with E-state index in [4.69, 9.17) is 0 Å². The fourth-order valence-corrected chi connectivity index (χ4v) is 2.68. The molecule has 0 saturated carbocycles. The molecule has 0 bridgehead atoms. The Hall–Kier alpha value is -2.23. The summed E-state index contributed by atoms with van der Waals surface area (Å²) in [6.45, 7) is 2.05. The van der Waals surface area contributed by atoms with Gasteiger partial charge in [0.1, 0.15) is 17.3 Å². The second kappa shape index (κ2) is 5.04. The number of phenols is 2. The molecule has 1 aliphatic carbocycles. The number of aryl methyl sites for hydroxylation is 1. The molecule has 0 radical (unpaired) electrons. The van der Waals surface area contributed by atoms with Gasteiger partial charge in [0, 0.05) is 18.2 Å². The maximum atomic E-state index is 9.90. The number of rotatable bonds is 3. The second-order valence-electron chi connectivity index (χ2n) is 5.34. The molecular weight excluding hydrogens is 252 g/mol. The molecule has 1 aliphatic rings. The molecule has 20 heavy (non-hydrogen) atoms. The highest BCUT2D eigenvalue weighted by molar-refractivity contribution is 5.50. The third-order valence-electron chi connectivity index (χ3n) is 3.74. The van der Waals surface area contributed by atoms with Crippen molar-refractivity contribution in [3.8, 4) is 11.5 Å². The Kier molecular flexibility index (Phi) is 3.22. The van der Waals surface area contributed by atoms with Crippen LogP contribution in [0.2, 0.25) is 0 Å². The lowest BCUT2D eigenvalue weighted by Crippen LogP contribution is -2.00. The van der Waals surface area contributed by atoms with Gasteiger partial charge in [0.15, 0.2) is 0 Å². The molecule has 0 saturated heterocycles. The molecule has 0 spiro atoms. The smallest absolute Gasteiger partial charge is 0.122 e. The lowest BCUT2D eigenvalue weighted by atomic mass is 9.96. The van der Waals surface area contributed by atoms with Crippen molar-refractivity contribution >= 4 is 6.08 Å². The van der Waals surface area contributed by atoms with Crippen molar-refractivity contribution in [3.63, 3.8) is 0 Å². The zero-order valence-corrected chi connectivity index (χ0v) is 11.4. The zero-order chi connectivity index (χ0) is 14.1. The Morgan fingerprint density at radius 3 is 2.95 bits per heavy atom. The summed E-state index contributed by atoms with van der Waals surface area (Å²) in [6, 6.07) is 4.74. The van der Waals surface area contributed by atoms with Gasteiger partial charge in [-0.25, -0.2) is 4.98 Å². The number of phenolic OH excluding ortho intramolecular Hbond substituents is 2. The van der Waals surface area contributed by atoms with Crippen LogP contribution in [-0.2, 0) is 12.8 Å². The average molecular weight is 270 g/mol. The molecule has 3 N–H and O–H groups in total. The fraction of sp³-hybridized carbons (Fsp3) is 0.312. The molecule has 2 aromatic rings. The molecule has 0 amide bonds. The molecule has 3 rings (SSSR count). The minimum atomic E-state index is 0.0806. The zero-order valence-electron chi connectivity index (χ0n) is 11.4. The van der Waals surface area contributed by atoms with Gasteiger partial charge in [-0.1, -0.05) is 19.1 Å². The van der Waals surface area contributed by atoms with E-state index in [2.05, 4.69) is 22.1 Å². The number of benzene rings is 1. The Labute approximate surface area is 117 Å². The van der Waals surface area contributed by atoms with Crippen LogP contribution in [0.3, 0.4) is 0 Å². The van der Waals surface area contributed by atoms with E-state index in [1.54, 1.807) is 12.1 Å². The summed E-state index contributed by atoms with van der Waals surface area (Å²) in [4.78, 5) is 7.96. The lowest BCUT2D eigenvalue weighted by Gasteiger charge is -2.12. The molecule has 0 fully saturated rings. The van der Waals surface area contributed by atoms with Gasteiger partial charge in [-0.3, -0.25) is 0 Å². The van der Waals surface area contributed by atoms with Crippen molar-refractivity contribution in [2.75, 3.05) is 0 Å². The first-order chi connectivity index (χ1) is 9.63. The van der Waals surface area contributed by atoms with Crippen LogP contribution in [0.5, 0.6) is 11.5 Å². The number of fused-ring (bicyclic) bond motifs is 1. The van der Waals surface area contributed by atoms with E-state index in [-0.39, 0.29) is 17.4 Å². The summed E-state index contributed by atoms with van der Waals surface area (Å²) in [5.74, 6) is 1.29. The number of nitrogens with one attached hydrogen (secondary N) is 1. The molecular formula is C16H18N2O2. The highest BCUT2D eigenvalue weighted by atomic mass is 16.3. The Morgan fingerprint density at radius 2 is 2.20 bits per heavy atom. The number of H-pyrrole nitrogens is 1. The lowest BCUT2D eigenvalue weighted by molar-refractivity contribution is 0.442. The Morgan fingerprint density at radius 1 is 1.35 bits per heavy atom. The molecule has 1 aromatic carbocycles. The van der Waals surface area contributed by atoms with Crippen LogP contribution in [-0.4, -0.2) is 20.2 Å². The first kappa shape index (κ1) is 12.8. The third kappa shape index (κ3) is 2.41. The van der Waals surface area contributed by atoms with Gasteiger partial charge in [0.2, 0.25) is 0 Å². The van der Waals surface area contributed by atoms with Crippen molar-refractivity contribution < 1.29 is 10.2 Å². The maximum absolute atomic E-state index is 9.90. The average Bonchev–Trinajstić information content (AvgIpc) is 2.80. The summed E-state index contributed by atoms with van der Waals surface area (Å²) in [6.07, 6.45) is 7.00. The maximum Gasteiger partial charge on any atom is 0.122 e. The highest BCUT2D eigenvalue weighted by Gasteiger charge is 2.16. The minimum absolute atomic E-state index is 0.0806. The SMILES string of the molecule is CC(Cc1nc2c([nH]1)CCC=C2)c1ccc(O)cc1O. The van der Waals surface area contributed by atoms with Gasteiger partial charge >= 0.3 is 0 Å². The van der Waals surface area contributed by atoms with Gasteiger partial charge in [0.25, 0.3) is 0 Å². The third-order valence-corrected chi connectivity index (χ3v) is 3.74. The van der Waals surface area contributed by atoms with E-state index < -0.39 is 0 Å². The number of hydrogen-bond acceptors (Lipinski definition) is 3. The topological polar surface area (TPSA) is 69.1 Å². The predicted octanol–water partition coefficient (Wildman–Crippen LogP) is 3.13. The molecule has 0 aliphatic heterocycles. The summed E-state index contributed by atoms with van der Waals surface area (Å²) in [7, 11) is 0. The van der Waals surface area contributed by atoms with Crippen LogP contribution in [0.15, 0.2) is 24.3 Å². The van der Waals surface area contributed by atoms with Crippen molar-refractivity contribution in [2.24, 2.45) is 0 Å². The van der Waals surface area contributed by atoms with Gasteiger partial charge in [-0.2, -0.15) is 0 Å². The molecule has 4 heteroatoms. The normalized spacial score (nSPS) is 15.1. The van der Waals surface area contributed by atoms with Gasteiger partial charge in [-0.05, 0) is 36.5 Å². The number of imidazole rings is 1. The van der Waals surface area contributed by atoms with Crippen molar-refractivity contribution in [1.29, 1.82) is 0 Å². The van der Waals surface area contributed by atoms with Crippen LogP contribution in [0.1, 0.15) is 42.0 Å². The number of aromatic hydroxyl groups is 2. The van der Waals surface area contributed by atoms with E-state index in [1.807, 2.05) is 6.92 Å². The number of aromatic amines is 1. The van der Waals surface area contributed by atoms with Gasteiger partial charge < -0.3 is 15.2 Å². The van der Waals surface area contributed by atoms with E-state index in [1.165, 1.54) is 11.8 Å². The highest BCUT2D eigenvalue weighted by Crippen LogP contribution is 2.31. The van der Waals surface area contributed by atoms with Crippen LogP contribution >= 0.6 is 0 Å². The van der Waals surface area contributed by atoms with E-state index in [9.17, 15) is 10.2 Å². The van der Waals surface area contributed by atoms with Crippen molar-refractivity contribution in [3.05, 3.63) is 47.1 Å². The fourth-order valence-electron chi connectivity index (χ4n) is 2.68. The summed E-state index contributed by atoms with van der Waals surface area (Å²) >= 11 is 0. The van der Waals surface area contributed by atoms with E-state index in [0.29, 0.717) is 0 Å². The number of allylic oxidation sites excluding steroid dienone is 1. The summed E-state index contributed by atoms with van der Waals surface area (Å²) < 4.78 is 0. The minimum Gasteiger partial charge on any atom is -0.508 e. The summed E-state index contributed by atoms with van der Waals surface area (Å²) in [5, 5.41) is 19.2. The largest absolute Gasteiger partial charge is 0.508 e. The molecule has 4 nitrogen and oxygen atoms in total. The van der Waals surface area contributed by atoms with Crippen molar-refractivity contribution in [2.45, 2.75) is 32.1 Å². The number of aromatic nitrogens is 2. The number of nitrogens with zero attached hydrogens (tertiary/aromatic N) is 1. The van der Waals surface area contributed by atoms with Gasteiger partial charge in [-0.15, -0.1) is 0 Å². The molecule has 1 atom stereocenters. The first-order valence-electron chi connectivity index (χ1n) is 6.89. The van der Waals surface area contributed by atoms with Crippen LogP contribution in [0.4, 0.5) is 0 Å². The standard InChI is InChI=1S/C16H18N2O2/c1-10(12-7-6-11(19)9-15(12)20)8-16-17-13-4-2-3-5-14(13)18-16/h2,4,6-7,9-10,19-20H,3,5,8H2,1H3,(H,17,18). The Balaban J connectivity index is 1.80. The summed E-state index contributed by atoms with van der Waals surface area (Å²) in [5.41, 5.74) is 3.06. The molecule has 1 heterocycles. The molecule has 104 valence electrons. The van der Waals surface area contributed by atoms with E-state index in [0.717, 1.165) is 36.3 Å². The monoisotopic (exact) mass is 270 g/mol. The second-order valence-corrected chi connectivity index (χ2v) is 5.34. The molecule has 1 aromatic heterocycles. The van der Waals surface area contributed by atoms with Gasteiger partial charge in [0.05, 0.1) is 5.69 Å². The van der Waals surface area contributed by atoms with E-state index >= 15 is 0 Å². The van der Waals surface area contributed by atoms with Crippen LogP contribution in [0.25, 0.3) is 6.08 Å². The van der Waals surface area contributed by atoms with Crippen molar-refractivity contribution in [1.82, 2.24) is 9.97 Å². The molecule has 1 unspecified atom stereocenters. The number of hydrogen-bond donors (Lipinski definition) is 3. The Bertz CT molecular complexity index is 658. The quantitative estimate of drug-likeness (QED) is 0.802. The van der Waals surface area contributed by atoms with Crippen LogP contribution in [0, 0.1) is 0 Å².